The Balaban J connectivity index is 1.49. The zero-order valence-electron chi connectivity index (χ0n) is 17.8. The van der Waals surface area contributed by atoms with E-state index in [4.69, 9.17) is 21.3 Å². The lowest BCUT2D eigenvalue weighted by Gasteiger charge is -2.11. The van der Waals surface area contributed by atoms with Gasteiger partial charge in [0.15, 0.2) is 10.8 Å². The standard InChI is InChI=1S/C25H16ClN5O2S/c1-33-24(32)21-17(26)10-11-31-19(13-28-23(21)31)16-12-27-22(15-7-3-2-6-14(15)16)30-25-29-18-8-4-5-9-20(18)34-25/h2-13H,1H3,(H,27,29,30). The fourth-order valence-electron chi connectivity index (χ4n) is 4.04. The minimum atomic E-state index is -0.536. The topological polar surface area (TPSA) is 81.4 Å². The Morgan fingerprint density at radius 3 is 2.65 bits per heavy atom. The molecule has 4 aromatic heterocycles. The van der Waals surface area contributed by atoms with Crippen molar-refractivity contribution in [1.29, 1.82) is 0 Å². The van der Waals surface area contributed by atoms with Gasteiger partial charge in [-0.2, -0.15) is 0 Å². The molecule has 0 bridgehead atoms. The van der Waals surface area contributed by atoms with Crippen LogP contribution in [0.4, 0.5) is 10.9 Å². The highest BCUT2D eigenvalue weighted by molar-refractivity contribution is 7.22. The number of imidazole rings is 1. The molecule has 0 aliphatic carbocycles. The maximum Gasteiger partial charge on any atom is 0.343 e. The molecule has 1 N–H and O–H groups in total. The van der Waals surface area contributed by atoms with E-state index in [1.807, 2.05) is 52.9 Å². The van der Waals surface area contributed by atoms with E-state index in [1.54, 1.807) is 36.0 Å². The SMILES string of the molecule is COC(=O)c1c(Cl)ccn2c(-c3cnc(Nc4nc5ccccc5s4)c4ccccc34)cnc12. The third kappa shape index (κ3) is 3.27. The van der Waals surface area contributed by atoms with Crippen LogP contribution in [0.1, 0.15) is 10.4 Å². The number of pyridine rings is 2. The number of nitrogens with one attached hydrogen (secondary N) is 1. The van der Waals surface area contributed by atoms with E-state index in [0.717, 1.165) is 37.4 Å². The average Bonchev–Trinajstić information content (AvgIpc) is 3.47. The number of esters is 1. The molecule has 0 atom stereocenters. The average molecular weight is 486 g/mol. The monoisotopic (exact) mass is 485 g/mol. The number of hydrogen-bond donors (Lipinski definition) is 1. The van der Waals surface area contributed by atoms with Crippen LogP contribution in [0.15, 0.2) is 73.2 Å². The van der Waals surface area contributed by atoms with Crippen LogP contribution in [0.2, 0.25) is 5.02 Å². The Kier molecular flexibility index (Phi) is 4.90. The Hall–Kier alpha value is -4.01. The van der Waals surface area contributed by atoms with Gasteiger partial charge in [-0.25, -0.2) is 19.7 Å². The molecular formula is C25H16ClN5O2S. The molecule has 0 saturated carbocycles. The predicted molar refractivity (Wildman–Crippen MR) is 135 cm³/mol. The molecule has 0 saturated heterocycles. The van der Waals surface area contributed by atoms with E-state index in [-0.39, 0.29) is 10.6 Å². The van der Waals surface area contributed by atoms with Gasteiger partial charge >= 0.3 is 5.97 Å². The lowest BCUT2D eigenvalue weighted by atomic mass is 10.0. The first kappa shape index (κ1) is 20.6. The summed E-state index contributed by atoms with van der Waals surface area (Å²) in [6, 6.07) is 17.7. The van der Waals surface area contributed by atoms with E-state index in [0.29, 0.717) is 11.5 Å². The quantitative estimate of drug-likeness (QED) is 0.293. The number of methoxy groups -OCH3 is 1. The molecule has 0 unspecified atom stereocenters. The maximum atomic E-state index is 12.3. The number of thiazole rings is 1. The highest BCUT2D eigenvalue weighted by Gasteiger charge is 2.20. The molecule has 9 heteroatoms. The van der Waals surface area contributed by atoms with E-state index in [2.05, 4.69) is 15.3 Å². The van der Waals surface area contributed by atoms with Gasteiger partial charge in [-0.3, -0.25) is 4.40 Å². The van der Waals surface area contributed by atoms with Crippen molar-refractivity contribution in [2.45, 2.75) is 0 Å². The van der Waals surface area contributed by atoms with Crippen LogP contribution in [-0.2, 0) is 4.74 Å². The first-order chi connectivity index (χ1) is 16.6. The molecule has 34 heavy (non-hydrogen) atoms. The van der Waals surface area contributed by atoms with Gasteiger partial charge in [-0.15, -0.1) is 0 Å². The number of benzene rings is 2. The Morgan fingerprint density at radius 1 is 1.03 bits per heavy atom. The largest absolute Gasteiger partial charge is 0.465 e. The van der Waals surface area contributed by atoms with Crippen LogP contribution in [0, 0.1) is 0 Å². The van der Waals surface area contributed by atoms with Gasteiger partial charge < -0.3 is 10.1 Å². The highest BCUT2D eigenvalue weighted by atomic mass is 35.5. The number of para-hydroxylation sites is 1. The summed E-state index contributed by atoms with van der Waals surface area (Å²) in [6.45, 7) is 0. The smallest absolute Gasteiger partial charge is 0.343 e. The molecule has 7 nitrogen and oxygen atoms in total. The molecule has 166 valence electrons. The van der Waals surface area contributed by atoms with Gasteiger partial charge in [0.2, 0.25) is 0 Å². The summed E-state index contributed by atoms with van der Waals surface area (Å²) < 4.78 is 7.83. The lowest BCUT2D eigenvalue weighted by molar-refractivity contribution is 0.0602. The molecule has 0 fully saturated rings. The predicted octanol–water partition coefficient (Wildman–Crippen LogP) is 6.34. The molecular weight excluding hydrogens is 470 g/mol. The van der Waals surface area contributed by atoms with E-state index < -0.39 is 5.97 Å². The number of halogens is 1. The summed E-state index contributed by atoms with van der Waals surface area (Å²) >= 11 is 7.85. The molecule has 2 aromatic carbocycles. The summed E-state index contributed by atoms with van der Waals surface area (Å²) in [5, 5.41) is 6.37. The Labute approximate surface area is 202 Å². The number of carbonyl (C=O) groups excluding carboxylic acids is 1. The maximum absolute atomic E-state index is 12.3. The van der Waals surface area contributed by atoms with Crippen LogP contribution in [0.5, 0.6) is 0 Å². The Morgan fingerprint density at radius 2 is 1.82 bits per heavy atom. The van der Waals surface area contributed by atoms with Gasteiger partial charge in [-0.05, 0) is 23.6 Å². The number of ether oxygens (including phenoxy) is 1. The molecule has 4 heterocycles. The lowest BCUT2D eigenvalue weighted by Crippen LogP contribution is -2.05. The molecule has 0 amide bonds. The van der Waals surface area contributed by atoms with Crippen molar-refractivity contribution in [3.05, 3.63) is 83.8 Å². The first-order valence-corrected chi connectivity index (χ1v) is 11.6. The minimum absolute atomic E-state index is 0.226. The van der Waals surface area contributed by atoms with Crippen molar-refractivity contribution in [3.8, 4) is 11.3 Å². The van der Waals surface area contributed by atoms with Crippen molar-refractivity contribution in [2.75, 3.05) is 12.4 Å². The second-order valence-corrected chi connectivity index (χ2v) is 8.98. The first-order valence-electron chi connectivity index (χ1n) is 10.4. The molecule has 0 aliphatic rings. The van der Waals surface area contributed by atoms with E-state index >= 15 is 0 Å². The van der Waals surface area contributed by atoms with Crippen LogP contribution in [-0.4, -0.2) is 32.4 Å². The number of aromatic nitrogens is 4. The second-order valence-electron chi connectivity index (χ2n) is 7.55. The van der Waals surface area contributed by atoms with E-state index in [1.165, 1.54) is 7.11 Å². The van der Waals surface area contributed by atoms with Gasteiger partial charge in [0.25, 0.3) is 0 Å². The fourth-order valence-corrected chi connectivity index (χ4v) is 5.12. The second kappa shape index (κ2) is 8.09. The third-order valence-corrected chi connectivity index (χ3v) is 6.88. The summed E-state index contributed by atoms with van der Waals surface area (Å²) in [7, 11) is 1.32. The molecule has 0 radical (unpaired) electrons. The normalized spacial score (nSPS) is 11.4. The van der Waals surface area contributed by atoms with Crippen LogP contribution in [0.25, 0.3) is 37.9 Å². The highest BCUT2D eigenvalue weighted by Crippen LogP contribution is 2.35. The number of hydrogen-bond acceptors (Lipinski definition) is 7. The van der Waals surface area contributed by atoms with Crippen molar-refractivity contribution in [2.24, 2.45) is 0 Å². The minimum Gasteiger partial charge on any atom is -0.465 e. The summed E-state index contributed by atoms with van der Waals surface area (Å²) in [6.07, 6.45) is 5.30. The van der Waals surface area contributed by atoms with Crippen LogP contribution in [0.3, 0.4) is 0 Å². The van der Waals surface area contributed by atoms with Crippen LogP contribution >= 0.6 is 22.9 Å². The summed E-state index contributed by atoms with van der Waals surface area (Å²) in [5.74, 6) is 0.177. The molecule has 6 aromatic rings. The van der Waals surface area contributed by atoms with Crippen LogP contribution < -0.4 is 5.32 Å². The molecule has 0 spiro atoms. The molecule has 0 aliphatic heterocycles. The number of carbonyl (C=O) groups is 1. The van der Waals surface area contributed by atoms with Crippen molar-refractivity contribution >= 4 is 66.5 Å². The van der Waals surface area contributed by atoms with Crippen molar-refractivity contribution in [1.82, 2.24) is 19.4 Å². The third-order valence-electron chi connectivity index (χ3n) is 5.61. The fraction of sp³-hybridized carbons (Fsp3) is 0.0400. The zero-order chi connectivity index (χ0) is 23.2. The number of anilines is 2. The van der Waals surface area contributed by atoms with Gasteiger partial charge in [-0.1, -0.05) is 59.3 Å². The van der Waals surface area contributed by atoms with Gasteiger partial charge in [0, 0.05) is 23.3 Å². The Bertz CT molecular complexity index is 1690. The zero-order valence-corrected chi connectivity index (χ0v) is 19.4. The van der Waals surface area contributed by atoms with E-state index in [9.17, 15) is 4.79 Å². The number of nitrogens with zero attached hydrogens (tertiary/aromatic N) is 4. The summed E-state index contributed by atoms with van der Waals surface area (Å²) in [5.41, 5.74) is 3.25. The number of fused-ring (bicyclic) bond motifs is 3. The van der Waals surface area contributed by atoms with Crippen molar-refractivity contribution < 1.29 is 9.53 Å². The number of rotatable bonds is 4. The van der Waals surface area contributed by atoms with Gasteiger partial charge in [0.1, 0.15) is 11.4 Å². The molecule has 6 rings (SSSR count). The summed E-state index contributed by atoms with van der Waals surface area (Å²) in [4.78, 5) is 26.2. The van der Waals surface area contributed by atoms with Crippen molar-refractivity contribution in [3.63, 3.8) is 0 Å². The van der Waals surface area contributed by atoms with Gasteiger partial charge in [0.05, 0.1) is 34.2 Å².